The van der Waals surface area contributed by atoms with Crippen molar-refractivity contribution in [1.82, 2.24) is 24.8 Å². The topological polar surface area (TPSA) is 62.5 Å². The number of anilines is 2. The Hall–Kier alpha value is -2.45. The zero-order chi connectivity index (χ0) is 18.4. The molecule has 1 aliphatic rings. The summed E-state index contributed by atoms with van der Waals surface area (Å²) in [4.78, 5) is 9.34. The standard InChI is InChI=1S/C18H15BrClN7/c19-13-9-12-1-2-15(22-18(12)14(20)10-13)25-5-7-26(8-6-25)17-4-3-16-23-21-11-27(16)24-17/h1-4,9-11H,5-8H2. The second kappa shape index (κ2) is 6.61. The molecule has 1 fully saturated rings. The zero-order valence-electron chi connectivity index (χ0n) is 14.3. The number of fused-ring (bicyclic) bond motifs is 2. The van der Waals surface area contributed by atoms with Crippen LogP contribution in [0.25, 0.3) is 16.6 Å². The van der Waals surface area contributed by atoms with Gasteiger partial charge in [0.1, 0.15) is 18.0 Å². The Labute approximate surface area is 168 Å². The molecule has 4 aromatic rings. The van der Waals surface area contributed by atoms with Crippen LogP contribution in [0.4, 0.5) is 11.6 Å². The summed E-state index contributed by atoms with van der Waals surface area (Å²) >= 11 is 9.85. The minimum absolute atomic E-state index is 0.659. The number of halogens is 2. The third-order valence-corrected chi connectivity index (χ3v) is 5.52. The monoisotopic (exact) mass is 443 g/mol. The molecule has 0 bridgehead atoms. The van der Waals surface area contributed by atoms with E-state index in [1.807, 2.05) is 24.3 Å². The molecule has 0 aliphatic carbocycles. The van der Waals surface area contributed by atoms with Gasteiger partial charge >= 0.3 is 0 Å². The minimum atomic E-state index is 0.659. The van der Waals surface area contributed by atoms with Gasteiger partial charge in [0.15, 0.2) is 5.65 Å². The second-order valence-corrected chi connectivity index (χ2v) is 7.75. The van der Waals surface area contributed by atoms with Gasteiger partial charge in [0.2, 0.25) is 0 Å². The number of nitrogens with zero attached hydrogens (tertiary/aromatic N) is 7. The first-order chi connectivity index (χ1) is 13.2. The van der Waals surface area contributed by atoms with E-state index in [1.165, 1.54) is 0 Å². The number of pyridine rings is 1. The van der Waals surface area contributed by atoms with Crippen LogP contribution in [-0.4, -0.2) is 51.0 Å². The van der Waals surface area contributed by atoms with Crippen molar-refractivity contribution >= 4 is 55.7 Å². The van der Waals surface area contributed by atoms with Gasteiger partial charge in [-0.2, -0.15) is 4.52 Å². The molecule has 0 unspecified atom stereocenters. The van der Waals surface area contributed by atoms with Gasteiger partial charge in [0, 0.05) is 36.0 Å². The van der Waals surface area contributed by atoms with Crippen molar-refractivity contribution in [2.75, 3.05) is 36.0 Å². The Morgan fingerprint density at radius 2 is 1.67 bits per heavy atom. The highest BCUT2D eigenvalue weighted by Gasteiger charge is 2.20. The zero-order valence-corrected chi connectivity index (χ0v) is 16.6. The minimum Gasteiger partial charge on any atom is -0.353 e. The summed E-state index contributed by atoms with van der Waals surface area (Å²) < 4.78 is 2.66. The average molecular weight is 445 g/mol. The van der Waals surface area contributed by atoms with Crippen LogP contribution >= 0.6 is 27.5 Å². The van der Waals surface area contributed by atoms with Crippen LogP contribution in [0, 0.1) is 0 Å². The number of aromatic nitrogens is 5. The smallest absolute Gasteiger partial charge is 0.177 e. The molecule has 27 heavy (non-hydrogen) atoms. The van der Waals surface area contributed by atoms with Gasteiger partial charge in [-0.25, -0.2) is 4.98 Å². The summed E-state index contributed by atoms with van der Waals surface area (Å²) in [6.45, 7) is 3.48. The van der Waals surface area contributed by atoms with Crippen LogP contribution in [0.2, 0.25) is 5.02 Å². The van der Waals surface area contributed by atoms with Gasteiger partial charge in [0.05, 0.1) is 10.5 Å². The van der Waals surface area contributed by atoms with Gasteiger partial charge in [0.25, 0.3) is 0 Å². The third kappa shape index (κ3) is 3.08. The fourth-order valence-corrected chi connectivity index (χ4v) is 4.25. The maximum Gasteiger partial charge on any atom is 0.177 e. The molecule has 0 saturated carbocycles. The van der Waals surface area contributed by atoms with Gasteiger partial charge in [-0.05, 0) is 36.4 Å². The molecule has 9 heteroatoms. The van der Waals surface area contributed by atoms with Crippen LogP contribution in [0.15, 0.2) is 47.2 Å². The molecule has 1 aliphatic heterocycles. The average Bonchev–Trinajstić information content (AvgIpc) is 3.16. The molecule has 0 atom stereocenters. The lowest BCUT2D eigenvalue weighted by molar-refractivity contribution is 0.637. The molecule has 136 valence electrons. The van der Waals surface area contributed by atoms with Gasteiger partial charge in [-0.1, -0.05) is 27.5 Å². The first-order valence-electron chi connectivity index (χ1n) is 8.60. The molecule has 0 N–H and O–H groups in total. The van der Waals surface area contributed by atoms with Crippen molar-refractivity contribution in [1.29, 1.82) is 0 Å². The van der Waals surface area contributed by atoms with Gasteiger partial charge in [-0.3, -0.25) is 0 Å². The van der Waals surface area contributed by atoms with Crippen LogP contribution < -0.4 is 9.80 Å². The van der Waals surface area contributed by atoms with Crippen LogP contribution in [0.3, 0.4) is 0 Å². The first-order valence-corrected chi connectivity index (χ1v) is 9.77. The van der Waals surface area contributed by atoms with Gasteiger partial charge < -0.3 is 9.80 Å². The van der Waals surface area contributed by atoms with E-state index in [9.17, 15) is 0 Å². The number of hydrogen-bond donors (Lipinski definition) is 0. The lowest BCUT2D eigenvalue weighted by Crippen LogP contribution is -2.47. The molecule has 1 aromatic carbocycles. The molecule has 0 spiro atoms. The molecule has 3 aromatic heterocycles. The molecule has 0 amide bonds. The van der Waals surface area contributed by atoms with E-state index in [1.54, 1.807) is 10.8 Å². The Morgan fingerprint density at radius 3 is 2.48 bits per heavy atom. The quantitative estimate of drug-likeness (QED) is 0.472. The van der Waals surface area contributed by atoms with Crippen molar-refractivity contribution < 1.29 is 0 Å². The van der Waals surface area contributed by atoms with E-state index >= 15 is 0 Å². The Morgan fingerprint density at radius 1 is 0.926 bits per heavy atom. The van der Waals surface area contributed by atoms with Gasteiger partial charge in [-0.15, -0.1) is 15.3 Å². The molecular formula is C18H15BrClN7. The maximum absolute atomic E-state index is 6.37. The Kier molecular flexibility index (Phi) is 4.09. The number of benzene rings is 1. The summed E-state index contributed by atoms with van der Waals surface area (Å²) in [5, 5.41) is 14.1. The third-order valence-electron chi connectivity index (χ3n) is 4.77. The van der Waals surface area contributed by atoms with Crippen LogP contribution in [0.5, 0.6) is 0 Å². The number of hydrogen-bond acceptors (Lipinski definition) is 6. The molecule has 4 heterocycles. The highest BCUT2D eigenvalue weighted by molar-refractivity contribution is 9.10. The highest BCUT2D eigenvalue weighted by Crippen LogP contribution is 2.29. The predicted octanol–water partition coefficient (Wildman–Crippen LogP) is 3.42. The largest absolute Gasteiger partial charge is 0.353 e. The van der Waals surface area contributed by atoms with E-state index in [2.05, 4.69) is 53.2 Å². The maximum atomic E-state index is 6.37. The summed E-state index contributed by atoms with van der Waals surface area (Å²) in [6.07, 6.45) is 1.62. The fraction of sp³-hybridized carbons (Fsp3) is 0.222. The Balaban J connectivity index is 1.36. The van der Waals surface area contributed by atoms with E-state index in [4.69, 9.17) is 16.6 Å². The highest BCUT2D eigenvalue weighted by atomic mass is 79.9. The van der Waals surface area contributed by atoms with Crippen molar-refractivity contribution in [3.8, 4) is 0 Å². The number of rotatable bonds is 2. The lowest BCUT2D eigenvalue weighted by atomic mass is 10.2. The van der Waals surface area contributed by atoms with E-state index in [0.29, 0.717) is 5.02 Å². The van der Waals surface area contributed by atoms with E-state index in [-0.39, 0.29) is 0 Å². The van der Waals surface area contributed by atoms with Crippen LogP contribution in [0.1, 0.15) is 0 Å². The van der Waals surface area contributed by atoms with Crippen molar-refractivity contribution in [2.45, 2.75) is 0 Å². The van der Waals surface area contributed by atoms with E-state index in [0.717, 1.165) is 58.8 Å². The summed E-state index contributed by atoms with van der Waals surface area (Å²) in [5.74, 6) is 1.88. The molecule has 1 saturated heterocycles. The lowest BCUT2D eigenvalue weighted by Gasteiger charge is -2.36. The summed E-state index contributed by atoms with van der Waals surface area (Å²) in [7, 11) is 0. The molecule has 5 rings (SSSR count). The fourth-order valence-electron chi connectivity index (χ4n) is 3.37. The SMILES string of the molecule is Clc1cc(Br)cc2ccc(N3CCN(c4ccc5nncn5n4)CC3)nc12. The summed E-state index contributed by atoms with van der Waals surface area (Å²) in [6, 6.07) is 12.0. The van der Waals surface area contributed by atoms with Crippen molar-refractivity contribution in [3.05, 3.63) is 52.2 Å². The summed E-state index contributed by atoms with van der Waals surface area (Å²) in [5.41, 5.74) is 1.58. The second-order valence-electron chi connectivity index (χ2n) is 6.43. The molecular weight excluding hydrogens is 430 g/mol. The number of piperazine rings is 1. The molecule has 0 radical (unpaired) electrons. The van der Waals surface area contributed by atoms with Crippen molar-refractivity contribution in [2.24, 2.45) is 0 Å². The molecule has 7 nitrogen and oxygen atoms in total. The first kappa shape index (κ1) is 16.7. The van der Waals surface area contributed by atoms with Crippen molar-refractivity contribution in [3.63, 3.8) is 0 Å². The van der Waals surface area contributed by atoms with Crippen LogP contribution in [-0.2, 0) is 0 Å². The normalized spacial score (nSPS) is 15.0. The Bertz CT molecular complexity index is 1140. The predicted molar refractivity (Wildman–Crippen MR) is 110 cm³/mol. The van der Waals surface area contributed by atoms with E-state index < -0.39 is 0 Å².